The molecule has 0 fully saturated rings. The molecular formula is C10H7BrFN3O2. The van der Waals surface area contributed by atoms with Gasteiger partial charge in [0, 0.05) is 0 Å². The minimum atomic E-state index is -1.14. The molecule has 1 N–H and O–H groups in total. The van der Waals surface area contributed by atoms with Crippen molar-refractivity contribution in [3.8, 4) is 0 Å². The number of rotatable bonds is 3. The number of nitrogens with zero attached hydrogens (tertiary/aromatic N) is 3. The maximum atomic E-state index is 13.2. The highest BCUT2D eigenvalue weighted by molar-refractivity contribution is 9.10. The molecule has 0 aliphatic heterocycles. The van der Waals surface area contributed by atoms with E-state index in [2.05, 4.69) is 26.2 Å². The summed E-state index contributed by atoms with van der Waals surface area (Å²) in [5, 5.41) is 15.8. The molecule has 1 heterocycles. The standard InChI is InChI=1S/C10H7BrFN3O2/c11-9-6(2-1-3-7(9)12)4-15-5-8(10(16)17)13-14-15/h1-3,5H,4H2,(H,16,17). The van der Waals surface area contributed by atoms with Crippen molar-refractivity contribution in [2.45, 2.75) is 6.54 Å². The normalized spacial score (nSPS) is 10.5. The van der Waals surface area contributed by atoms with E-state index in [9.17, 15) is 9.18 Å². The van der Waals surface area contributed by atoms with Crippen LogP contribution in [0.1, 0.15) is 16.1 Å². The summed E-state index contributed by atoms with van der Waals surface area (Å²) >= 11 is 3.12. The van der Waals surface area contributed by atoms with Gasteiger partial charge in [-0.05, 0) is 27.6 Å². The van der Waals surface area contributed by atoms with Crippen LogP contribution in [-0.4, -0.2) is 26.1 Å². The minimum absolute atomic E-state index is 0.141. The number of aromatic nitrogens is 3. The van der Waals surface area contributed by atoms with Gasteiger partial charge in [0.2, 0.25) is 0 Å². The summed E-state index contributed by atoms with van der Waals surface area (Å²) in [4.78, 5) is 10.6. The van der Waals surface area contributed by atoms with Crippen molar-refractivity contribution in [1.29, 1.82) is 0 Å². The topological polar surface area (TPSA) is 68.0 Å². The molecule has 0 unspecified atom stereocenters. The van der Waals surface area contributed by atoms with Gasteiger partial charge in [0.05, 0.1) is 17.2 Å². The predicted molar refractivity (Wildman–Crippen MR) is 60.2 cm³/mol. The lowest BCUT2D eigenvalue weighted by Crippen LogP contribution is -2.02. The van der Waals surface area contributed by atoms with Crippen LogP contribution in [0.2, 0.25) is 0 Å². The number of hydrogen-bond acceptors (Lipinski definition) is 3. The van der Waals surface area contributed by atoms with Crippen molar-refractivity contribution in [1.82, 2.24) is 15.0 Å². The Kier molecular flexibility index (Phi) is 3.19. The van der Waals surface area contributed by atoms with E-state index in [1.165, 1.54) is 16.9 Å². The van der Waals surface area contributed by atoms with Crippen LogP contribution in [0.25, 0.3) is 0 Å². The van der Waals surface area contributed by atoms with Crippen LogP contribution in [0.5, 0.6) is 0 Å². The maximum absolute atomic E-state index is 13.2. The molecule has 0 aliphatic rings. The van der Waals surface area contributed by atoms with Gasteiger partial charge in [-0.1, -0.05) is 17.3 Å². The van der Waals surface area contributed by atoms with E-state index < -0.39 is 5.97 Å². The molecule has 0 spiro atoms. The van der Waals surface area contributed by atoms with Crippen molar-refractivity contribution in [2.24, 2.45) is 0 Å². The Bertz CT molecular complexity index is 570. The van der Waals surface area contributed by atoms with Gasteiger partial charge in [-0.25, -0.2) is 13.9 Å². The zero-order chi connectivity index (χ0) is 12.4. The summed E-state index contributed by atoms with van der Waals surface area (Å²) in [7, 11) is 0. The molecule has 1 aromatic heterocycles. The van der Waals surface area contributed by atoms with Gasteiger partial charge in [0.25, 0.3) is 0 Å². The molecule has 2 rings (SSSR count). The molecule has 0 saturated heterocycles. The van der Waals surface area contributed by atoms with Gasteiger partial charge in [-0.3, -0.25) is 0 Å². The molecule has 88 valence electrons. The van der Waals surface area contributed by atoms with E-state index >= 15 is 0 Å². The molecule has 0 bridgehead atoms. The summed E-state index contributed by atoms with van der Waals surface area (Å²) in [5.41, 5.74) is 0.518. The molecule has 1 aromatic carbocycles. The van der Waals surface area contributed by atoms with Crippen LogP contribution in [0.3, 0.4) is 0 Å². The summed E-state index contributed by atoms with van der Waals surface area (Å²) in [6.45, 7) is 0.249. The number of aromatic carboxylic acids is 1. The number of carboxylic acids is 1. The van der Waals surface area contributed by atoms with Crippen molar-refractivity contribution < 1.29 is 14.3 Å². The molecular weight excluding hydrogens is 293 g/mol. The largest absolute Gasteiger partial charge is 0.476 e. The Labute approximate surface area is 104 Å². The first-order chi connectivity index (χ1) is 8.08. The first-order valence-corrected chi connectivity index (χ1v) is 5.43. The van der Waals surface area contributed by atoms with Gasteiger partial charge in [-0.2, -0.15) is 0 Å². The zero-order valence-electron chi connectivity index (χ0n) is 8.47. The molecule has 0 amide bonds. The number of halogens is 2. The first kappa shape index (κ1) is 11.7. The second kappa shape index (κ2) is 4.62. The fourth-order valence-electron chi connectivity index (χ4n) is 1.32. The Morgan fingerprint density at radius 3 is 2.94 bits per heavy atom. The van der Waals surface area contributed by atoms with Crippen LogP contribution in [0.4, 0.5) is 4.39 Å². The molecule has 17 heavy (non-hydrogen) atoms. The monoisotopic (exact) mass is 299 g/mol. The highest BCUT2D eigenvalue weighted by Gasteiger charge is 2.10. The molecule has 2 aromatic rings. The van der Waals surface area contributed by atoms with E-state index in [4.69, 9.17) is 5.11 Å². The number of benzene rings is 1. The zero-order valence-corrected chi connectivity index (χ0v) is 10.1. The maximum Gasteiger partial charge on any atom is 0.358 e. The van der Waals surface area contributed by atoms with Crippen molar-refractivity contribution in [3.63, 3.8) is 0 Å². The lowest BCUT2D eigenvalue weighted by molar-refractivity contribution is 0.0690. The van der Waals surface area contributed by atoms with E-state index in [0.29, 0.717) is 10.0 Å². The molecule has 0 atom stereocenters. The van der Waals surface area contributed by atoms with Crippen molar-refractivity contribution in [3.05, 3.63) is 45.9 Å². The number of carboxylic acid groups (broad SMARTS) is 1. The minimum Gasteiger partial charge on any atom is -0.476 e. The summed E-state index contributed by atoms with van der Waals surface area (Å²) in [6.07, 6.45) is 1.29. The van der Waals surface area contributed by atoms with E-state index in [0.717, 1.165) is 0 Å². The Morgan fingerprint density at radius 1 is 1.53 bits per heavy atom. The first-order valence-electron chi connectivity index (χ1n) is 4.64. The second-order valence-corrected chi connectivity index (χ2v) is 4.11. The van der Waals surface area contributed by atoms with Gasteiger partial charge >= 0.3 is 5.97 Å². The average molecular weight is 300 g/mol. The third kappa shape index (κ3) is 2.50. The fraction of sp³-hybridized carbons (Fsp3) is 0.100. The van der Waals surface area contributed by atoms with Gasteiger partial charge in [0.1, 0.15) is 5.82 Å². The van der Waals surface area contributed by atoms with Gasteiger partial charge in [-0.15, -0.1) is 5.10 Å². The van der Waals surface area contributed by atoms with Gasteiger partial charge < -0.3 is 5.11 Å². The van der Waals surface area contributed by atoms with Crippen LogP contribution in [-0.2, 0) is 6.54 Å². The number of carbonyl (C=O) groups is 1. The summed E-state index contributed by atoms with van der Waals surface area (Å²) < 4.78 is 14.9. The predicted octanol–water partition coefficient (Wildman–Crippen LogP) is 1.93. The van der Waals surface area contributed by atoms with Crippen LogP contribution in [0.15, 0.2) is 28.9 Å². The number of hydrogen-bond donors (Lipinski definition) is 1. The molecule has 7 heteroatoms. The Balaban J connectivity index is 2.25. The molecule has 0 radical (unpaired) electrons. The van der Waals surface area contributed by atoms with E-state index in [1.807, 2.05) is 0 Å². The summed E-state index contributed by atoms with van der Waals surface area (Å²) in [5.74, 6) is -1.52. The van der Waals surface area contributed by atoms with E-state index in [-0.39, 0.29) is 18.1 Å². The third-order valence-corrected chi connectivity index (χ3v) is 3.01. The lowest BCUT2D eigenvalue weighted by Gasteiger charge is -2.04. The quantitative estimate of drug-likeness (QED) is 0.940. The second-order valence-electron chi connectivity index (χ2n) is 3.32. The summed E-state index contributed by atoms with van der Waals surface area (Å²) in [6, 6.07) is 4.62. The van der Waals surface area contributed by atoms with Crippen molar-refractivity contribution >= 4 is 21.9 Å². The Hall–Kier alpha value is -1.76. The smallest absolute Gasteiger partial charge is 0.358 e. The van der Waals surface area contributed by atoms with Crippen LogP contribution >= 0.6 is 15.9 Å². The van der Waals surface area contributed by atoms with Crippen LogP contribution in [0, 0.1) is 5.82 Å². The molecule has 0 aliphatic carbocycles. The average Bonchev–Trinajstić information content (AvgIpc) is 2.73. The highest BCUT2D eigenvalue weighted by atomic mass is 79.9. The Morgan fingerprint density at radius 2 is 2.29 bits per heavy atom. The van der Waals surface area contributed by atoms with Crippen molar-refractivity contribution in [2.75, 3.05) is 0 Å². The highest BCUT2D eigenvalue weighted by Crippen LogP contribution is 2.20. The molecule has 0 saturated carbocycles. The van der Waals surface area contributed by atoms with Crippen LogP contribution < -0.4 is 0 Å². The SMILES string of the molecule is O=C(O)c1cn(Cc2cccc(F)c2Br)nn1. The van der Waals surface area contributed by atoms with Gasteiger partial charge in [0.15, 0.2) is 5.69 Å². The molecule has 5 nitrogen and oxygen atoms in total. The lowest BCUT2D eigenvalue weighted by atomic mass is 10.2. The van der Waals surface area contributed by atoms with E-state index in [1.54, 1.807) is 12.1 Å². The fourth-order valence-corrected chi connectivity index (χ4v) is 1.71. The third-order valence-electron chi connectivity index (χ3n) is 2.12.